The number of nitrogens with zero attached hydrogens (tertiary/aromatic N) is 4. The first-order valence-electron chi connectivity index (χ1n) is 12.9. The number of rotatable bonds is 2. The zero-order valence-electron chi connectivity index (χ0n) is 25.2. The maximum atomic E-state index is 12.0. The van der Waals surface area contributed by atoms with E-state index in [2.05, 4.69) is 20.6 Å². The molecule has 4 rings (SSSR count). The number of thiazole rings is 2. The maximum Gasteiger partial charge on any atom is 2.00 e. The van der Waals surface area contributed by atoms with E-state index in [1.165, 1.54) is 0 Å². The van der Waals surface area contributed by atoms with E-state index >= 15 is 0 Å². The summed E-state index contributed by atoms with van der Waals surface area (Å²) in [6, 6.07) is -1.90. The number of imide groups is 2. The molecule has 45 heavy (non-hydrogen) atoms. The summed E-state index contributed by atoms with van der Waals surface area (Å²) in [7, 11) is 2.02. The van der Waals surface area contributed by atoms with Crippen LogP contribution in [-0.2, 0) is 32.0 Å². The van der Waals surface area contributed by atoms with Gasteiger partial charge >= 0.3 is 49.8 Å². The molecule has 0 aliphatic heterocycles. The van der Waals surface area contributed by atoms with E-state index in [1.807, 2.05) is 27.7 Å². The Morgan fingerprint density at radius 2 is 0.978 bits per heavy atom. The Balaban J connectivity index is 0.000000307. The van der Waals surface area contributed by atoms with Crippen LogP contribution in [0.15, 0.2) is 0 Å². The minimum absolute atomic E-state index is 0. The third kappa shape index (κ3) is 9.35. The number of hydrogen-bond donors (Lipinski definition) is 2. The Labute approximate surface area is 294 Å². The second-order valence-electron chi connectivity index (χ2n) is 11.6. The molecule has 0 unspecified atom stereocenters. The number of aromatic nitrogens is 2. The Bertz CT molecular complexity index is 1480. The number of carboxylic acids is 2. The number of hydrogen-bond acceptors (Lipinski definition) is 14. The van der Waals surface area contributed by atoms with Gasteiger partial charge in [0.25, 0.3) is 11.8 Å². The molecule has 0 spiro atoms. The maximum absolute atomic E-state index is 12.0. The fraction of sp³-hybridized carbons (Fsp3) is 0.462. The zero-order chi connectivity index (χ0) is 33.3. The van der Waals surface area contributed by atoms with Crippen molar-refractivity contribution in [1.82, 2.24) is 19.8 Å². The third-order valence-corrected chi connectivity index (χ3v) is 8.58. The van der Waals surface area contributed by atoms with Crippen molar-refractivity contribution < 1.29 is 48.6 Å². The molecule has 2 aromatic rings. The number of nitrogens with one attached hydrogen (secondary N) is 2. The second kappa shape index (κ2) is 14.4. The van der Waals surface area contributed by atoms with Gasteiger partial charge in [-0.2, -0.15) is 0 Å². The summed E-state index contributed by atoms with van der Waals surface area (Å²) in [6.45, 7) is 7.82. The van der Waals surface area contributed by atoms with Crippen LogP contribution in [-0.4, -0.2) is 119 Å². The summed E-state index contributed by atoms with van der Waals surface area (Å²) in [5, 5.41) is 25.8. The predicted molar refractivity (Wildman–Crippen MR) is 156 cm³/mol. The van der Waals surface area contributed by atoms with Gasteiger partial charge in [-0.3, -0.25) is 39.6 Å². The van der Waals surface area contributed by atoms with Gasteiger partial charge in [-0.25, -0.2) is 19.6 Å². The summed E-state index contributed by atoms with van der Waals surface area (Å²) in [5.74, 6) is -6.96. The molecule has 236 valence electrons. The van der Waals surface area contributed by atoms with Crippen LogP contribution in [0.5, 0.6) is 0 Å². The van der Waals surface area contributed by atoms with Gasteiger partial charge in [-0.05, 0) is 23.7 Å². The summed E-state index contributed by atoms with van der Waals surface area (Å²) in [5.41, 5.74) is 0.827. The molecule has 2 aromatic heterocycles. The number of carbonyl (C=O) groups is 8. The quantitative estimate of drug-likeness (QED) is 0.305. The second-order valence-corrected chi connectivity index (χ2v) is 13.6. The van der Waals surface area contributed by atoms with Crippen LogP contribution >= 0.6 is 22.7 Å². The number of fused-ring (bicyclic) bond motifs is 2. The van der Waals surface area contributed by atoms with Crippen molar-refractivity contribution in [2.45, 2.75) is 53.4 Å². The molecule has 6 amide bonds. The average molecular weight is 689 g/mol. The molecule has 0 fully saturated rings. The fourth-order valence-corrected chi connectivity index (χ4v) is 6.17. The van der Waals surface area contributed by atoms with Gasteiger partial charge in [0.1, 0.15) is 11.9 Å². The van der Waals surface area contributed by atoms with Gasteiger partial charge in [-0.1, -0.05) is 50.4 Å². The molecule has 0 atom stereocenters. The first-order valence-corrected chi connectivity index (χ1v) is 14.5. The van der Waals surface area contributed by atoms with Crippen LogP contribution in [0.1, 0.15) is 71.3 Å². The van der Waals surface area contributed by atoms with Crippen molar-refractivity contribution in [3.05, 3.63) is 21.1 Å². The Morgan fingerprint density at radius 3 is 1.27 bits per heavy atom. The minimum atomic E-state index is -1.98. The van der Waals surface area contributed by atoms with Crippen molar-refractivity contribution in [3.8, 4) is 0 Å². The smallest absolute Gasteiger partial charge is 0.540 e. The summed E-state index contributed by atoms with van der Waals surface area (Å²) < 4.78 is 0. The molecular formula is C26H28CaN6O10S2. The predicted octanol–water partition coefficient (Wildman–Crippen LogP) is -0.304. The van der Waals surface area contributed by atoms with Crippen LogP contribution in [0, 0.1) is 10.8 Å². The van der Waals surface area contributed by atoms with Crippen molar-refractivity contribution in [2.24, 2.45) is 10.8 Å². The first kappa shape index (κ1) is 37.9. The van der Waals surface area contributed by atoms with Gasteiger partial charge in [0.2, 0.25) is 0 Å². The molecule has 2 heterocycles. The molecular weight excluding hydrogens is 661 g/mol. The van der Waals surface area contributed by atoms with Gasteiger partial charge in [0.15, 0.2) is 21.8 Å². The molecule has 0 bridgehead atoms. The average Bonchev–Trinajstić information content (AvgIpc) is 3.48. The number of carboxylic acid groups (broad SMARTS) is 2. The number of urea groups is 2. The molecule has 19 heteroatoms. The zero-order valence-corrected chi connectivity index (χ0v) is 29.1. The fourth-order valence-electron chi connectivity index (χ4n) is 4.36. The van der Waals surface area contributed by atoms with E-state index in [0.29, 0.717) is 56.6 Å². The van der Waals surface area contributed by atoms with E-state index < -0.39 is 35.8 Å². The van der Waals surface area contributed by atoms with E-state index in [1.54, 1.807) is 0 Å². The standard InChI is InChI=1S/2C13H15N3O5S.Ca/c2*1-13(2)4-6-8(7(17)5-13)22-11(14-6)15-12(21)16(3)9(18)10(19)20;/h2*4-5H2,1-3H3,(H,19,20)(H,14,15,21);/q;;+2/p-2. The third-order valence-electron chi connectivity index (χ3n) is 6.47. The number of amides is 6. The van der Waals surface area contributed by atoms with Crippen LogP contribution in [0.4, 0.5) is 19.9 Å². The van der Waals surface area contributed by atoms with E-state index in [4.69, 9.17) is 0 Å². The van der Waals surface area contributed by atoms with Crippen molar-refractivity contribution in [1.29, 1.82) is 0 Å². The van der Waals surface area contributed by atoms with E-state index in [-0.39, 0.29) is 70.4 Å². The number of carbonyl (C=O) groups excluding carboxylic acids is 8. The minimum Gasteiger partial charge on any atom is -0.540 e. The normalized spacial score (nSPS) is 15.5. The van der Waals surface area contributed by atoms with Crippen molar-refractivity contribution in [2.75, 3.05) is 24.7 Å². The van der Waals surface area contributed by atoms with E-state index in [9.17, 15) is 48.6 Å². The van der Waals surface area contributed by atoms with Gasteiger partial charge in [0, 0.05) is 26.9 Å². The molecule has 0 aromatic carbocycles. The summed E-state index contributed by atoms with van der Waals surface area (Å²) in [6.07, 6.45) is 2.01. The molecule has 0 saturated heterocycles. The summed E-state index contributed by atoms with van der Waals surface area (Å²) in [4.78, 5) is 101. The molecule has 0 radical (unpaired) electrons. The van der Waals surface area contributed by atoms with Crippen LogP contribution in [0.2, 0.25) is 0 Å². The SMILES string of the molecule is CN(C(=O)Nc1nc2c(s1)C(=O)CC(C)(C)C2)C(=O)C(=O)[O-].CN(C(=O)Nc1nc2c(s1)C(=O)CC(C)(C)C2)C(=O)C(=O)[O-].[Ca+2]. The molecule has 2 aliphatic rings. The molecule has 16 nitrogen and oxygen atoms in total. The number of anilines is 2. The number of ketones is 2. The topological polar surface area (TPSA) is 239 Å². The monoisotopic (exact) mass is 688 g/mol. The Hall–Kier alpha value is -3.32. The number of Topliss-reactive ketones (excluding diaryl/α,β-unsaturated/α-hetero) is 2. The van der Waals surface area contributed by atoms with Gasteiger partial charge in [0.05, 0.1) is 21.1 Å². The molecule has 2 aliphatic carbocycles. The van der Waals surface area contributed by atoms with E-state index in [0.717, 1.165) is 36.8 Å². The number of likely N-dealkylation sites (N-methyl/N-ethyl adjacent to an activating group) is 2. The first-order chi connectivity index (χ1) is 20.2. The van der Waals surface area contributed by atoms with Crippen LogP contribution < -0.4 is 20.8 Å². The Morgan fingerprint density at radius 1 is 0.667 bits per heavy atom. The summed E-state index contributed by atoms with van der Waals surface area (Å²) >= 11 is 2.03. The largest absolute Gasteiger partial charge is 2.00 e. The van der Waals surface area contributed by atoms with Crippen LogP contribution in [0.3, 0.4) is 0 Å². The van der Waals surface area contributed by atoms with Crippen molar-refractivity contribution >= 4 is 118 Å². The number of aliphatic carboxylic acids is 2. The van der Waals surface area contributed by atoms with Crippen LogP contribution in [0.25, 0.3) is 0 Å². The van der Waals surface area contributed by atoms with Gasteiger partial charge < -0.3 is 19.8 Å². The molecule has 2 N–H and O–H groups in total. The van der Waals surface area contributed by atoms with Crippen molar-refractivity contribution in [3.63, 3.8) is 0 Å². The molecule has 0 saturated carbocycles. The Kier molecular flexibility index (Phi) is 12.1. The van der Waals surface area contributed by atoms with Gasteiger partial charge in [-0.15, -0.1) is 0 Å².